The molecule has 1 rings (SSSR count). The van der Waals surface area contributed by atoms with Crippen LogP contribution < -0.4 is 5.73 Å². The van der Waals surface area contributed by atoms with Crippen molar-refractivity contribution in [1.29, 1.82) is 0 Å². The largest absolute Gasteiger partial charge is 0.330 e. The van der Waals surface area contributed by atoms with Crippen molar-refractivity contribution in [2.45, 2.75) is 73.6 Å². The van der Waals surface area contributed by atoms with Gasteiger partial charge in [0.25, 0.3) is 0 Å². The fourth-order valence-electron chi connectivity index (χ4n) is 2.53. The lowest BCUT2D eigenvalue weighted by atomic mass is 9.72. The van der Waals surface area contributed by atoms with Gasteiger partial charge in [0.2, 0.25) is 0 Å². The van der Waals surface area contributed by atoms with Gasteiger partial charge in [0.15, 0.2) is 0 Å². The second-order valence-electron chi connectivity index (χ2n) is 6.44. The molecule has 1 nitrogen and oxygen atoms in total. The quantitative estimate of drug-likeness (QED) is 0.647. The van der Waals surface area contributed by atoms with E-state index in [0.29, 0.717) is 5.41 Å². The van der Waals surface area contributed by atoms with Crippen molar-refractivity contribution in [3.63, 3.8) is 0 Å². The first kappa shape index (κ1) is 19.2. The van der Waals surface area contributed by atoms with Crippen molar-refractivity contribution in [1.82, 2.24) is 0 Å². The number of unbranched alkanes of at least 4 members (excludes halogenated alkanes) is 1. The summed E-state index contributed by atoms with van der Waals surface area (Å²) >= 11 is 0. The van der Waals surface area contributed by atoms with Crippen LogP contribution in [-0.2, 0) is 0 Å². The Morgan fingerprint density at radius 1 is 1.35 bits per heavy atom. The van der Waals surface area contributed by atoms with E-state index >= 15 is 0 Å². The minimum Gasteiger partial charge on any atom is -0.330 e. The van der Waals surface area contributed by atoms with Crippen LogP contribution >= 0.6 is 0 Å². The highest BCUT2D eigenvalue weighted by Crippen LogP contribution is 2.40. The van der Waals surface area contributed by atoms with Gasteiger partial charge < -0.3 is 5.73 Å². The maximum Gasteiger partial charge on any atom is -0.00774 e. The molecule has 20 heavy (non-hydrogen) atoms. The number of rotatable bonds is 4. The molecular weight excluding hydrogens is 242 g/mol. The average Bonchev–Trinajstić information content (AvgIpc) is 2.38. The Balaban J connectivity index is 0.000000621. The lowest BCUT2D eigenvalue weighted by Gasteiger charge is -2.32. The Labute approximate surface area is 127 Å². The van der Waals surface area contributed by atoms with Crippen LogP contribution in [0.2, 0.25) is 0 Å². The van der Waals surface area contributed by atoms with E-state index in [1.165, 1.54) is 37.7 Å². The average molecular weight is 277 g/mol. The van der Waals surface area contributed by atoms with Gasteiger partial charge in [-0.25, -0.2) is 0 Å². The summed E-state index contributed by atoms with van der Waals surface area (Å²) in [4.78, 5) is 0. The van der Waals surface area contributed by atoms with Gasteiger partial charge in [0.1, 0.15) is 0 Å². The summed E-state index contributed by atoms with van der Waals surface area (Å²) in [6.45, 7) is 14.2. The van der Waals surface area contributed by atoms with Crippen LogP contribution in [0.3, 0.4) is 0 Å². The molecular formula is C19H35N. The van der Waals surface area contributed by atoms with E-state index in [1.807, 2.05) is 0 Å². The van der Waals surface area contributed by atoms with Gasteiger partial charge in [-0.3, -0.25) is 0 Å². The maximum atomic E-state index is 5.14. The van der Waals surface area contributed by atoms with E-state index in [9.17, 15) is 0 Å². The highest BCUT2D eigenvalue weighted by atomic mass is 14.5. The molecule has 0 fully saturated rings. The first-order valence-corrected chi connectivity index (χ1v) is 8.10. The zero-order valence-electron chi connectivity index (χ0n) is 14.6. The van der Waals surface area contributed by atoms with Gasteiger partial charge in [-0.15, -0.1) is 0 Å². The van der Waals surface area contributed by atoms with E-state index < -0.39 is 0 Å². The van der Waals surface area contributed by atoms with Crippen molar-refractivity contribution in [2.24, 2.45) is 11.1 Å². The Bertz CT molecular complexity index is 354. The minimum absolute atomic E-state index is 0.368. The number of nitrogens with two attached hydrogens (primary N) is 1. The monoisotopic (exact) mass is 277 g/mol. The molecule has 1 aliphatic carbocycles. The summed E-state index contributed by atoms with van der Waals surface area (Å²) in [5.74, 6) is 0. The molecule has 116 valence electrons. The van der Waals surface area contributed by atoms with Crippen molar-refractivity contribution >= 4 is 0 Å². The first-order valence-electron chi connectivity index (χ1n) is 8.10. The zero-order chi connectivity index (χ0) is 15.6. The van der Waals surface area contributed by atoms with Crippen molar-refractivity contribution in [2.75, 3.05) is 6.54 Å². The molecule has 0 saturated heterocycles. The standard InChI is InChI=1S/C15H24.C4H11N/c1-6-12(2)9-10-14-13(3)8-7-11-15(14,4)5;1-2-3-4-5/h6,9-10H,7-8,11H2,1-5H3;2-5H2,1H3/b10-9+,12-6+;. The number of hydrogen-bond acceptors (Lipinski definition) is 1. The van der Waals surface area contributed by atoms with Crippen LogP contribution in [0.1, 0.15) is 73.6 Å². The van der Waals surface area contributed by atoms with Gasteiger partial charge in [0, 0.05) is 0 Å². The van der Waals surface area contributed by atoms with Gasteiger partial charge >= 0.3 is 0 Å². The molecule has 0 bridgehead atoms. The number of allylic oxidation sites excluding steroid dienone is 6. The van der Waals surface area contributed by atoms with Crippen LogP contribution in [-0.4, -0.2) is 6.54 Å². The first-order chi connectivity index (χ1) is 9.38. The lowest BCUT2D eigenvalue weighted by molar-refractivity contribution is 0.377. The predicted molar refractivity (Wildman–Crippen MR) is 92.9 cm³/mol. The molecule has 0 aromatic heterocycles. The fraction of sp³-hybridized carbons (Fsp3) is 0.684. The summed E-state index contributed by atoms with van der Waals surface area (Å²) in [5.41, 5.74) is 9.98. The summed E-state index contributed by atoms with van der Waals surface area (Å²) in [6.07, 6.45) is 13.0. The highest BCUT2D eigenvalue weighted by Gasteiger charge is 2.26. The third-order valence-electron chi connectivity index (χ3n) is 4.07. The molecule has 0 radical (unpaired) electrons. The molecule has 0 aromatic rings. The van der Waals surface area contributed by atoms with Crippen molar-refractivity contribution in [3.8, 4) is 0 Å². The number of hydrogen-bond donors (Lipinski definition) is 1. The Hall–Kier alpha value is -0.820. The van der Waals surface area contributed by atoms with E-state index in [4.69, 9.17) is 5.73 Å². The van der Waals surface area contributed by atoms with E-state index in [1.54, 1.807) is 11.1 Å². The molecule has 1 aliphatic rings. The minimum atomic E-state index is 0.368. The van der Waals surface area contributed by atoms with Gasteiger partial charge in [-0.05, 0) is 64.0 Å². The molecule has 0 heterocycles. The van der Waals surface area contributed by atoms with Crippen LogP contribution in [0.15, 0.2) is 34.9 Å². The van der Waals surface area contributed by atoms with Crippen molar-refractivity contribution < 1.29 is 0 Å². The molecule has 1 heteroatoms. The Kier molecular flexibility index (Phi) is 9.58. The van der Waals surface area contributed by atoms with E-state index in [2.05, 4.69) is 59.8 Å². The Morgan fingerprint density at radius 2 is 2.00 bits per heavy atom. The third-order valence-corrected chi connectivity index (χ3v) is 4.07. The van der Waals surface area contributed by atoms with Crippen LogP contribution in [0.4, 0.5) is 0 Å². The van der Waals surface area contributed by atoms with Crippen LogP contribution in [0.5, 0.6) is 0 Å². The van der Waals surface area contributed by atoms with Crippen LogP contribution in [0, 0.1) is 5.41 Å². The van der Waals surface area contributed by atoms with E-state index in [-0.39, 0.29) is 0 Å². The molecule has 0 aliphatic heterocycles. The third kappa shape index (κ3) is 7.09. The van der Waals surface area contributed by atoms with E-state index in [0.717, 1.165) is 6.54 Å². The molecule has 2 N–H and O–H groups in total. The fourth-order valence-corrected chi connectivity index (χ4v) is 2.53. The molecule has 0 atom stereocenters. The highest BCUT2D eigenvalue weighted by molar-refractivity contribution is 5.35. The summed E-state index contributed by atoms with van der Waals surface area (Å²) < 4.78 is 0. The molecule has 0 unspecified atom stereocenters. The van der Waals surface area contributed by atoms with Gasteiger partial charge in [-0.2, -0.15) is 0 Å². The smallest absolute Gasteiger partial charge is 0.00774 e. The SMILES string of the molecule is C/C=C(C)/C=C/C1=C(C)CCCC1(C)C.CCCCN. The maximum absolute atomic E-state index is 5.14. The van der Waals surface area contributed by atoms with Crippen LogP contribution in [0.25, 0.3) is 0 Å². The molecule has 0 aromatic carbocycles. The van der Waals surface area contributed by atoms with Gasteiger partial charge in [0.05, 0.1) is 0 Å². The Morgan fingerprint density at radius 3 is 2.40 bits per heavy atom. The molecule has 0 saturated carbocycles. The molecule has 0 amide bonds. The van der Waals surface area contributed by atoms with Gasteiger partial charge in [-0.1, -0.05) is 56.6 Å². The molecule has 0 spiro atoms. The second-order valence-corrected chi connectivity index (χ2v) is 6.44. The summed E-state index contributed by atoms with van der Waals surface area (Å²) in [5, 5.41) is 0. The zero-order valence-corrected chi connectivity index (χ0v) is 14.6. The topological polar surface area (TPSA) is 26.0 Å². The lowest BCUT2D eigenvalue weighted by Crippen LogP contribution is -2.19. The summed E-state index contributed by atoms with van der Waals surface area (Å²) in [7, 11) is 0. The predicted octanol–water partition coefficient (Wildman–Crippen LogP) is 5.78. The van der Waals surface area contributed by atoms with Crippen molar-refractivity contribution in [3.05, 3.63) is 34.9 Å². The normalized spacial score (nSPS) is 19.1. The second kappa shape index (κ2) is 9.99. The summed E-state index contributed by atoms with van der Waals surface area (Å²) in [6, 6.07) is 0.